The molecule has 2 rings (SSSR count). The van der Waals surface area contributed by atoms with E-state index in [1.165, 1.54) is 5.56 Å². The molecule has 0 saturated heterocycles. The molecule has 2 atom stereocenters. The average Bonchev–Trinajstić information content (AvgIpc) is 2.83. The lowest BCUT2D eigenvalue weighted by atomic mass is 10.1. The molecule has 1 aliphatic heterocycles. The predicted octanol–water partition coefficient (Wildman–Crippen LogP) is 1.96. The monoisotopic (exact) mass is 276 g/mol. The van der Waals surface area contributed by atoms with E-state index in [0.29, 0.717) is 11.7 Å². The Kier molecular flexibility index (Phi) is 5.61. The van der Waals surface area contributed by atoms with Crippen molar-refractivity contribution in [3.8, 4) is 0 Å². The lowest BCUT2D eigenvalue weighted by Crippen LogP contribution is -2.42. The van der Waals surface area contributed by atoms with E-state index in [1.54, 1.807) is 0 Å². The smallest absolute Gasteiger partial charge is 0.125 e. The summed E-state index contributed by atoms with van der Waals surface area (Å²) in [6.07, 6.45) is 4.52. The number of aldehydes is 1. The third-order valence-electron chi connectivity index (χ3n) is 3.42. The number of aliphatic imine (C=N–C) groups is 1. The van der Waals surface area contributed by atoms with Gasteiger partial charge in [-0.3, -0.25) is 4.99 Å². The second kappa shape index (κ2) is 7.46. The molecule has 0 saturated carbocycles. The van der Waals surface area contributed by atoms with E-state index in [2.05, 4.69) is 40.8 Å². The van der Waals surface area contributed by atoms with E-state index in [1.807, 2.05) is 17.8 Å². The van der Waals surface area contributed by atoms with Crippen molar-refractivity contribution in [2.75, 3.05) is 19.3 Å². The van der Waals surface area contributed by atoms with Crippen LogP contribution in [0.3, 0.4) is 0 Å². The van der Waals surface area contributed by atoms with Crippen LogP contribution >= 0.6 is 11.8 Å². The van der Waals surface area contributed by atoms with Gasteiger partial charge < -0.3 is 10.1 Å². The molecule has 4 heteroatoms. The summed E-state index contributed by atoms with van der Waals surface area (Å²) in [6, 6.07) is 10.7. The van der Waals surface area contributed by atoms with Crippen molar-refractivity contribution in [2.24, 2.45) is 4.99 Å². The topological polar surface area (TPSA) is 41.5 Å². The van der Waals surface area contributed by atoms with Crippen LogP contribution in [0.25, 0.3) is 0 Å². The maximum absolute atomic E-state index is 10.7. The predicted molar refractivity (Wildman–Crippen MR) is 82.2 cm³/mol. The largest absolute Gasteiger partial charge is 0.308 e. The van der Waals surface area contributed by atoms with Crippen molar-refractivity contribution in [1.82, 2.24) is 5.32 Å². The summed E-state index contributed by atoms with van der Waals surface area (Å²) >= 11 is 1.82. The molecule has 1 N–H and O–H groups in total. The van der Waals surface area contributed by atoms with Crippen LogP contribution in [0.4, 0.5) is 0 Å². The Morgan fingerprint density at radius 1 is 1.42 bits per heavy atom. The Labute approximate surface area is 118 Å². The van der Waals surface area contributed by atoms with E-state index >= 15 is 0 Å². The highest BCUT2D eigenvalue weighted by Crippen LogP contribution is 2.20. The summed E-state index contributed by atoms with van der Waals surface area (Å²) in [4.78, 5) is 15.2. The molecule has 0 radical (unpaired) electrons. The Bertz CT molecular complexity index is 433. The number of hydrogen-bond donors (Lipinski definition) is 1. The van der Waals surface area contributed by atoms with Crippen LogP contribution in [0, 0.1) is 0 Å². The van der Waals surface area contributed by atoms with Crippen molar-refractivity contribution >= 4 is 23.8 Å². The second-order valence-corrected chi connectivity index (χ2v) is 5.72. The zero-order chi connectivity index (χ0) is 13.5. The Morgan fingerprint density at radius 3 is 2.89 bits per heavy atom. The van der Waals surface area contributed by atoms with Crippen LogP contribution < -0.4 is 5.32 Å². The highest BCUT2D eigenvalue weighted by atomic mass is 32.2. The molecule has 1 aromatic rings. The summed E-state index contributed by atoms with van der Waals surface area (Å²) < 4.78 is 0. The van der Waals surface area contributed by atoms with Gasteiger partial charge in [-0.2, -0.15) is 11.8 Å². The molecule has 3 nitrogen and oxygen atoms in total. The maximum atomic E-state index is 10.7. The third kappa shape index (κ3) is 3.91. The zero-order valence-electron chi connectivity index (χ0n) is 11.2. The van der Waals surface area contributed by atoms with Crippen LogP contribution in [0.15, 0.2) is 35.3 Å². The lowest BCUT2D eigenvalue weighted by Gasteiger charge is -2.20. The maximum Gasteiger partial charge on any atom is 0.125 e. The number of nitrogens with one attached hydrogen (secondary N) is 1. The fourth-order valence-electron chi connectivity index (χ4n) is 2.38. The highest BCUT2D eigenvalue weighted by Gasteiger charge is 2.29. The minimum Gasteiger partial charge on any atom is -0.308 e. The van der Waals surface area contributed by atoms with E-state index in [9.17, 15) is 4.79 Å². The average molecular weight is 276 g/mol. The van der Waals surface area contributed by atoms with Crippen molar-refractivity contribution < 1.29 is 4.79 Å². The van der Waals surface area contributed by atoms with Crippen LogP contribution in [-0.2, 0) is 11.2 Å². The molecule has 0 aliphatic carbocycles. The van der Waals surface area contributed by atoms with Gasteiger partial charge in [0.05, 0.1) is 12.6 Å². The molecular formula is C15H20N2OS. The molecule has 2 unspecified atom stereocenters. The zero-order valence-corrected chi connectivity index (χ0v) is 12.0. The molecule has 1 heterocycles. The van der Waals surface area contributed by atoms with E-state index < -0.39 is 0 Å². The normalized spacial score (nSPS) is 22.3. The minimum atomic E-state index is 0.254. The van der Waals surface area contributed by atoms with Crippen molar-refractivity contribution in [2.45, 2.75) is 24.1 Å². The van der Waals surface area contributed by atoms with Gasteiger partial charge in [-0.05, 0) is 24.8 Å². The van der Waals surface area contributed by atoms with E-state index in [4.69, 9.17) is 0 Å². The van der Waals surface area contributed by atoms with Crippen molar-refractivity contribution in [3.63, 3.8) is 0 Å². The molecule has 0 bridgehead atoms. The van der Waals surface area contributed by atoms with Gasteiger partial charge >= 0.3 is 0 Å². The standard InChI is InChI=1S/C15H20N2OS/c1-19-14-11-17-13(8-10-18)15(14)16-9-7-12-5-3-2-4-6-12/h2-6,10,14-16H,7-9,11H2,1H3. The van der Waals surface area contributed by atoms with Gasteiger partial charge in [0.15, 0.2) is 0 Å². The third-order valence-corrected chi connectivity index (χ3v) is 4.45. The van der Waals surface area contributed by atoms with Crippen LogP contribution in [-0.4, -0.2) is 42.6 Å². The first-order valence-electron chi connectivity index (χ1n) is 6.62. The molecule has 1 aliphatic rings. The molecule has 1 aromatic carbocycles. The van der Waals surface area contributed by atoms with Crippen LogP contribution in [0.5, 0.6) is 0 Å². The Hall–Kier alpha value is -1.13. The van der Waals surface area contributed by atoms with Gasteiger partial charge in [0.25, 0.3) is 0 Å². The second-order valence-electron chi connectivity index (χ2n) is 4.64. The first-order chi connectivity index (χ1) is 9.35. The van der Waals surface area contributed by atoms with Gasteiger partial charge in [0, 0.05) is 17.4 Å². The number of hydrogen-bond acceptors (Lipinski definition) is 4. The first kappa shape index (κ1) is 14.3. The Morgan fingerprint density at radius 2 is 2.21 bits per heavy atom. The molecule has 0 fully saturated rings. The SMILES string of the molecule is CSC1CN=C(CC=O)C1NCCc1ccccc1. The first-order valence-corrected chi connectivity index (χ1v) is 7.91. The number of rotatable bonds is 7. The lowest BCUT2D eigenvalue weighted by molar-refractivity contribution is -0.106. The number of nitrogens with zero attached hydrogens (tertiary/aromatic N) is 1. The minimum absolute atomic E-state index is 0.254. The van der Waals surface area contributed by atoms with Gasteiger partial charge in [0.2, 0.25) is 0 Å². The number of thioether (sulfide) groups is 1. The summed E-state index contributed by atoms with van der Waals surface area (Å²) in [5.74, 6) is 0. The highest BCUT2D eigenvalue weighted by molar-refractivity contribution is 7.99. The van der Waals surface area contributed by atoms with Crippen molar-refractivity contribution in [1.29, 1.82) is 0 Å². The molecular weight excluding hydrogens is 256 g/mol. The number of carbonyl (C=O) groups is 1. The van der Waals surface area contributed by atoms with Gasteiger partial charge in [0.1, 0.15) is 6.29 Å². The van der Waals surface area contributed by atoms with Crippen molar-refractivity contribution in [3.05, 3.63) is 35.9 Å². The van der Waals surface area contributed by atoms with Crippen LogP contribution in [0.2, 0.25) is 0 Å². The summed E-state index contributed by atoms with van der Waals surface area (Å²) in [7, 11) is 0. The molecule has 0 aromatic heterocycles. The molecule has 0 spiro atoms. The summed E-state index contributed by atoms with van der Waals surface area (Å²) in [6.45, 7) is 1.75. The van der Waals surface area contributed by atoms with Gasteiger partial charge in [-0.25, -0.2) is 0 Å². The molecule has 102 valence electrons. The Balaban J connectivity index is 1.85. The van der Waals surface area contributed by atoms with E-state index in [-0.39, 0.29) is 6.04 Å². The fourth-order valence-corrected chi connectivity index (χ4v) is 3.13. The quantitative estimate of drug-likeness (QED) is 0.774. The molecule has 19 heavy (non-hydrogen) atoms. The molecule has 0 amide bonds. The summed E-state index contributed by atoms with van der Waals surface area (Å²) in [5, 5.41) is 4.02. The fraction of sp³-hybridized carbons (Fsp3) is 0.467. The number of carbonyl (C=O) groups excluding carboxylic acids is 1. The van der Waals surface area contributed by atoms with Gasteiger partial charge in [-0.1, -0.05) is 30.3 Å². The van der Waals surface area contributed by atoms with Gasteiger partial charge in [-0.15, -0.1) is 0 Å². The number of benzene rings is 1. The van der Waals surface area contributed by atoms with E-state index in [0.717, 1.165) is 31.5 Å². The van der Waals surface area contributed by atoms with Crippen LogP contribution in [0.1, 0.15) is 12.0 Å². The summed E-state index contributed by atoms with van der Waals surface area (Å²) in [5.41, 5.74) is 2.35.